The molecule has 2 aromatic rings. The van der Waals surface area contributed by atoms with Crippen molar-refractivity contribution >= 4 is 28.3 Å². The van der Waals surface area contributed by atoms with Gasteiger partial charge in [0.15, 0.2) is 5.13 Å². The first-order valence-electron chi connectivity index (χ1n) is 8.39. The van der Waals surface area contributed by atoms with E-state index in [0.29, 0.717) is 23.8 Å². The molecule has 6 nitrogen and oxygen atoms in total. The zero-order chi connectivity index (χ0) is 18.5. The summed E-state index contributed by atoms with van der Waals surface area (Å²) in [5, 5.41) is 5.04. The average Bonchev–Trinajstić information content (AvgIpc) is 3.26. The van der Waals surface area contributed by atoms with Crippen molar-refractivity contribution in [2.75, 3.05) is 25.0 Å². The number of aryl methyl sites for hydroxylation is 1. The van der Waals surface area contributed by atoms with Gasteiger partial charge in [0, 0.05) is 24.1 Å². The summed E-state index contributed by atoms with van der Waals surface area (Å²) in [5.41, 5.74) is 1.16. The Bertz CT molecular complexity index is 772. The van der Waals surface area contributed by atoms with Crippen LogP contribution in [0.4, 0.5) is 9.52 Å². The number of benzene rings is 1. The van der Waals surface area contributed by atoms with Gasteiger partial charge in [0.05, 0.1) is 11.8 Å². The smallest absolute Gasteiger partial charge is 0.254 e. The van der Waals surface area contributed by atoms with E-state index in [0.717, 1.165) is 18.5 Å². The van der Waals surface area contributed by atoms with Crippen LogP contribution in [0.5, 0.6) is 0 Å². The number of carbonyl (C=O) groups excluding carboxylic acids is 2. The van der Waals surface area contributed by atoms with E-state index >= 15 is 0 Å². The summed E-state index contributed by atoms with van der Waals surface area (Å²) in [7, 11) is 0. The van der Waals surface area contributed by atoms with Crippen LogP contribution in [-0.2, 0) is 9.53 Å². The van der Waals surface area contributed by atoms with E-state index in [1.807, 2.05) is 12.3 Å². The number of nitrogens with one attached hydrogen (secondary N) is 1. The molecular formula is C18H20FN3O3S. The lowest BCUT2D eigenvalue weighted by molar-refractivity contribution is -0.117. The molecule has 0 radical (unpaired) electrons. The minimum Gasteiger partial charge on any atom is -0.376 e. The van der Waals surface area contributed by atoms with Crippen molar-refractivity contribution in [3.63, 3.8) is 0 Å². The zero-order valence-corrected chi connectivity index (χ0v) is 15.2. The van der Waals surface area contributed by atoms with E-state index in [9.17, 15) is 14.0 Å². The molecule has 26 heavy (non-hydrogen) atoms. The van der Waals surface area contributed by atoms with Crippen molar-refractivity contribution in [1.29, 1.82) is 0 Å². The number of carbonyl (C=O) groups is 2. The fraction of sp³-hybridized carbons (Fsp3) is 0.389. The van der Waals surface area contributed by atoms with Gasteiger partial charge in [0.25, 0.3) is 5.91 Å². The van der Waals surface area contributed by atoms with E-state index in [-0.39, 0.29) is 24.5 Å². The summed E-state index contributed by atoms with van der Waals surface area (Å²) in [4.78, 5) is 30.8. The fourth-order valence-electron chi connectivity index (χ4n) is 2.77. The van der Waals surface area contributed by atoms with Crippen LogP contribution in [0, 0.1) is 12.7 Å². The van der Waals surface area contributed by atoms with Gasteiger partial charge in [-0.3, -0.25) is 9.59 Å². The molecule has 3 rings (SSSR count). The first-order valence-corrected chi connectivity index (χ1v) is 9.27. The average molecular weight is 377 g/mol. The fourth-order valence-corrected chi connectivity index (χ4v) is 3.48. The Labute approximate surface area is 155 Å². The minimum absolute atomic E-state index is 0.0886. The van der Waals surface area contributed by atoms with E-state index in [4.69, 9.17) is 4.74 Å². The number of aromatic nitrogens is 1. The molecule has 0 spiro atoms. The molecule has 1 unspecified atom stereocenters. The summed E-state index contributed by atoms with van der Waals surface area (Å²) in [6.45, 7) is 2.71. The largest absolute Gasteiger partial charge is 0.376 e. The van der Waals surface area contributed by atoms with Crippen LogP contribution >= 0.6 is 11.3 Å². The highest BCUT2D eigenvalue weighted by Gasteiger charge is 2.25. The van der Waals surface area contributed by atoms with Gasteiger partial charge in [-0.05, 0) is 44.0 Å². The van der Waals surface area contributed by atoms with E-state index in [1.165, 1.54) is 40.5 Å². The number of hydrogen-bond donors (Lipinski definition) is 1. The normalized spacial score (nSPS) is 16.5. The molecule has 0 aliphatic carbocycles. The van der Waals surface area contributed by atoms with Crippen molar-refractivity contribution in [1.82, 2.24) is 9.88 Å². The quantitative estimate of drug-likeness (QED) is 0.840. The predicted octanol–water partition coefficient (Wildman–Crippen LogP) is 2.85. The first kappa shape index (κ1) is 18.5. The van der Waals surface area contributed by atoms with Gasteiger partial charge < -0.3 is 15.0 Å². The molecule has 0 bridgehead atoms. The second-order valence-electron chi connectivity index (χ2n) is 6.17. The van der Waals surface area contributed by atoms with Gasteiger partial charge in [-0.15, -0.1) is 11.3 Å². The molecule has 138 valence electrons. The Morgan fingerprint density at radius 1 is 1.38 bits per heavy atom. The molecule has 8 heteroatoms. The summed E-state index contributed by atoms with van der Waals surface area (Å²) in [5.74, 6) is -1.07. The number of anilines is 1. The van der Waals surface area contributed by atoms with Crippen LogP contribution in [0.3, 0.4) is 0 Å². The van der Waals surface area contributed by atoms with Gasteiger partial charge in [-0.1, -0.05) is 0 Å². The summed E-state index contributed by atoms with van der Waals surface area (Å²) < 4.78 is 18.7. The number of halogens is 1. The third kappa shape index (κ3) is 4.86. The number of nitrogens with zero attached hydrogens (tertiary/aromatic N) is 2. The maximum Gasteiger partial charge on any atom is 0.254 e. The number of thiazole rings is 1. The maximum absolute atomic E-state index is 13.1. The summed E-state index contributed by atoms with van der Waals surface area (Å²) in [6.07, 6.45) is 1.70. The van der Waals surface area contributed by atoms with Crippen LogP contribution in [0.15, 0.2) is 29.6 Å². The Morgan fingerprint density at radius 2 is 2.15 bits per heavy atom. The number of rotatable bonds is 6. The first-order chi connectivity index (χ1) is 12.5. The van der Waals surface area contributed by atoms with Crippen molar-refractivity contribution in [3.05, 3.63) is 46.7 Å². The lowest BCUT2D eigenvalue weighted by Gasteiger charge is -2.25. The molecule has 1 fully saturated rings. The van der Waals surface area contributed by atoms with Crippen molar-refractivity contribution in [2.45, 2.75) is 25.9 Å². The van der Waals surface area contributed by atoms with Gasteiger partial charge in [-0.25, -0.2) is 9.37 Å². The SMILES string of the molecule is Cc1csc(NC(=O)CN(CC2CCCO2)C(=O)c2ccc(F)cc2)n1. The molecule has 1 aromatic heterocycles. The molecule has 1 aliphatic rings. The number of amides is 2. The highest BCUT2D eigenvalue weighted by Crippen LogP contribution is 2.17. The molecule has 1 aliphatic heterocycles. The molecule has 1 atom stereocenters. The minimum atomic E-state index is -0.413. The van der Waals surface area contributed by atoms with E-state index in [1.54, 1.807) is 0 Å². The second-order valence-corrected chi connectivity index (χ2v) is 7.03. The lowest BCUT2D eigenvalue weighted by Crippen LogP contribution is -2.42. The third-order valence-electron chi connectivity index (χ3n) is 4.03. The molecule has 2 amide bonds. The zero-order valence-electron chi connectivity index (χ0n) is 14.4. The van der Waals surface area contributed by atoms with E-state index in [2.05, 4.69) is 10.3 Å². The summed E-state index contributed by atoms with van der Waals surface area (Å²) in [6, 6.07) is 5.30. The van der Waals surface area contributed by atoms with E-state index < -0.39 is 5.82 Å². The topological polar surface area (TPSA) is 71.5 Å². The Hall–Kier alpha value is -2.32. The van der Waals surface area contributed by atoms with Gasteiger partial charge in [0.1, 0.15) is 12.4 Å². The highest BCUT2D eigenvalue weighted by molar-refractivity contribution is 7.13. The monoisotopic (exact) mass is 377 g/mol. The standard InChI is InChI=1S/C18H20FN3O3S/c1-12-11-26-18(20-12)21-16(23)10-22(9-15-3-2-8-25-15)17(24)13-4-6-14(19)7-5-13/h4-7,11,15H,2-3,8-10H2,1H3,(H,20,21,23). The summed E-state index contributed by atoms with van der Waals surface area (Å²) >= 11 is 1.33. The maximum atomic E-state index is 13.1. The molecule has 1 aromatic carbocycles. The van der Waals surface area contributed by atoms with Crippen LogP contribution < -0.4 is 5.32 Å². The Morgan fingerprint density at radius 3 is 2.77 bits per heavy atom. The number of ether oxygens (including phenoxy) is 1. The molecular weight excluding hydrogens is 357 g/mol. The van der Waals surface area contributed by atoms with Crippen LogP contribution in [0.25, 0.3) is 0 Å². The molecule has 0 saturated carbocycles. The second kappa shape index (κ2) is 8.37. The third-order valence-corrected chi connectivity index (χ3v) is 4.90. The van der Waals surface area contributed by atoms with Crippen molar-refractivity contribution in [2.24, 2.45) is 0 Å². The highest BCUT2D eigenvalue weighted by atomic mass is 32.1. The molecule has 1 N–H and O–H groups in total. The predicted molar refractivity (Wildman–Crippen MR) is 96.8 cm³/mol. The molecule has 2 heterocycles. The van der Waals surface area contributed by atoms with Crippen LogP contribution in [-0.4, -0.2) is 47.5 Å². The Balaban J connectivity index is 1.70. The van der Waals surface area contributed by atoms with Crippen molar-refractivity contribution < 1.29 is 18.7 Å². The Kier molecular flexibility index (Phi) is 5.95. The number of hydrogen-bond acceptors (Lipinski definition) is 5. The van der Waals surface area contributed by atoms with Crippen LogP contribution in [0.1, 0.15) is 28.9 Å². The van der Waals surface area contributed by atoms with Gasteiger partial charge in [-0.2, -0.15) is 0 Å². The molecule has 1 saturated heterocycles. The lowest BCUT2D eigenvalue weighted by atomic mass is 10.1. The van der Waals surface area contributed by atoms with Gasteiger partial charge >= 0.3 is 0 Å². The van der Waals surface area contributed by atoms with Gasteiger partial charge in [0.2, 0.25) is 5.91 Å². The van der Waals surface area contributed by atoms with Crippen LogP contribution in [0.2, 0.25) is 0 Å². The van der Waals surface area contributed by atoms with Crippen molar-refractivity contribution in [3.8, 4) is 0 Å².